The van der Waals surface area contributed by atoms with Crippen LogP contribution in [0.3, 0.4) is 0 Å². The molecular formula is C11H20N4O2. The van der Waals surface area contributed by atoms with Crippen molar-refractivity contribution in [1.29, 1.82) is 0 Å². The van der Waals surface area contributed by atoms with Gasteiger partial charge in [-0.3, -0.25) is 4.68 Å². The van der Waals surface area contributed by atoms with Gasteiger partial charge in [0.1, 0.15) is 0 Å². The van der Waals surface area contributed by atoms with Gasteiger partial charge in [-0.2, -0.15) is 5.10 Å². The average Bonchev–Trinajstić information content (AvgIpc) is 2.82. The van der Waals surface area contributed by atoms with Crippen molar-refractivity contribution in [3.63, 3.8) is 0 Å². The third-order valence-electron chi connectivity index (χ3n) is 2.52. The van der Waals surface area contributed by atoms with Gasteiger partial charge in [0.25, 0.3) is 0 Å². The predicted molar refractivity (Wildman–Crippen MR) is 64.7 cm³/mol. The molecule has 1 amide bonds. The van der Waals surface area contributed by atoms with E-state index in [-0.39, 0.29) is 6.04 Å². The number of methoxy groups -OCH3 is 1. The summed E-state index contributed by atoms with van der Waals surface area (Å²) in [5.74, 6) is 0. The summed E-state index contributed by atoms with van der Waals surface area (Å²) in [6.07, 6.45) is 1.39. The zero-order valence-corrected chi connectivity index (χ0v) is 10.6. The minimum absolute atomic E-state index is 0.205. The van der Waals surface area contributed by atoms with Crippen LogP contribution >= 0.6 is 0 Å². The highest BCUT2D eigenvalue weighted by atomic mass is 16.5. The van der Waals surface area contributed by atoms with Crippen molar-refractivity contribution < 1.29 is 9.53 Å². The van der Waals surface area contributed by atoms with Gasteiger partial charge < -0.3 is 15.4 Å². The molecule has 1 rings (SSSR count). The van der Waals surface area contributed by atoms with E-state index in [1.165, 1.54) is 7.11 Å². The SMILES string of the molecule is CCn1nccc1C(C)NCCNC(=O)OC. The van der Waals surface area contributed by atoms with Crippen molar-refractivity contribution in [3.8, 4) is 0 Å². The molecule has 0 saturated heterocycles. The highest BCUT2D eigenvalue weighted by Gasteiger charge is 2.09. The zero-order valence-electron chi connectivity index (χ0n) is 10.6. The molecule has 0 aliphatic rings. The maximum Gasteiger partial charge on any atom is 0.406 e. The summed E-state index contributed by atoms with van der Waals surface area (Å²) in [7, 11) is 1.35. The molecule has 0 aliphatic heterocycles. The molecule has 6 heteroatoms. The smallest absolute Gasteiger partial charge is 0.406 e. The Balaban J connectivity index is 2.30. The first kappa shape index (κ1) is 13.5. The van der Waals surface area contributed by atoms with Crippen LogP contribution < -0.4 is 10.6 Å². The Morgan fingerprint density at radius 3 is 3.00 bits per heavy atom. The Morgan fingerprint density at radius 2 is 2.35 bits per heavy atom. The molecule has 96 valence electrons. The van der Waals surface area contributed by atoms with Crippen LogP contribution in [0.15, 0.2) is 12.3 Å². The fourth-order valence-corrected chi connectivity index (χ4v) is 1.60. The fraction of sp³-hybridized carbons (Fsp3) is 0.636. The summed E-state index contributed by atoms with van der Waals surface area (Å²) in [6, 6.07) is 2.20. The van der Waals surface area contributed by atoms with Crippen molar-refractivity contribution in [1.82, 2.24) is 20.4 Å². The summed E-state index contributed by atoms with van der Waals surface area (Å²) in [5.41, 5.74) is 1.14. The number of ether oxygens (including phenoxy) is 1. The van der Waals surface area contributed by atoms with Gasteiger partial charge in [0.15, 0.2) is 0 Å². The number of hydrogen-bond donors (Lipinski definition) is 2. The van der Waals surface area contributed by atoms with Gasteiger partial charge in [-0.15, -0.1) is 0 Å². The molecule has 1 aromatic heterocycles. The molecule has 1 heterocycles. The second-order valence-corrected chi connectivity index (χ2v) is 3.67. The number of aromatic nitrogens is 2. The van der Waals surface area contributed by atoms with E-state index in [2.05, 4.69) is 34.3 Å². The molecule has 6 nitrogen and oxygen atoms in total. The minimum Gasteiger partial charge on any atom is -0.453 e. The van der Waals surface area contributed by atoms with Gasteiger partial charge in [-0.25, -0.2) is 4.79 Å². The first-order chi connectivity index (χ1) is 8.19. The van der Waals surface area contributed by atoms with Crippen molar-refractivity contribution in [2.24, 2.45) is 0 Å². The van der Waals surface area contributed by atoms with E-state index in [1.807, 2.05) is 10.7 Å². The standard InChI is InChI=1S/C11H20N4O2/c1-4-15-10(5-6-14-15)9(2)12-7-8-13-11(16)17-3/h5-6,9,12H,4,7-8H2,1-3H3,(H,13,16). The molecule has 0 bridgehead atoms. The van der Waals surface area contributed by atoms with Crippen molar-refractivity contribution in [3.05, 3.63) is 18.0 Å². The van der Waals surface area contributed by atoms with E-state index >= 15 is 0 Å². The minimum atomic E-state index is -0.405. The van der Waals surface area contributed by atoms with Crippen LogP contribution in [-0.4, -0.2) is 36.1 Å². The molecule has 1 aromatic rings. The van der Waals surface area contributed by atoms with Crippen molar-refractivity contribution in [2.75, 3.05) is 20.2 Å². The van der Waals surface area contributed by atoms with Crippen molar-refractivity contribution in [2.45, 2.75) is 26.4 Å². The molecule has 0 spiro atoms. The Morgan fingerprint density at radius 1 is 1.59 bits per heavy atom. The van der Waals surface area contributed by atoms with Crippen LogP contribution in [0.25, 0.3) is 0 Å². The second-order valence-electron chi connectivity index (χ2n) is 3.67. The van der Waals surface area contributed by atoms with Crippen LogP contribution in [0.1, 0.15) is 25.6 Å². The molecule has 0 aliphatic carbocycles. The Labute approximate surface area is 101 Å². The lowest BCUT2D eigenvalue weighted by molar-refractivity contribution is 0.171. The number of amides is 1. The van der Waals surface area contributed by atoms with Gasteiger partial charge in [0.05, 0.1) is 12.8 Å². The summed E-state index contributed by atoms with van der Waals surface area (Å²) in [5, 5.41) is 10.1. The van der Waals surface area contributed by atoms with Crippen LogP contribution in [0, 0.1) is 0 Å². The number of nitrogens with one attached hydrogen (secondary N) is 2. The first-order valence-electron chi connectivity index (χ1n) is 5.76. The maximum absolute atomic E-state index is 10.8. The first-order valence-corrected chi connectivity index (χ1v) is 5.76. The normalized spacial score (nSPS) is 12.2. The Bertz CT molecular complexity index is 351. The van der Waals surface area contributed by atoms with E-state index in [0.717, 1.165) is 12.2 Å². The molecule has 1 atom stereocenters. The Hall–Kier alpha value is -1.56. The number of alkyl carbamates (subject to hydrolysis) is 1. The molecule has 1 unspecified atom stereocenters. The van der Waals surface area contributed by atoms with Gasteiger partial charge in [-0.1, -0.05) is 0 Å². The monoisotopic (exact) mass is 240 g/mol. The van der Waals surface area contributed by atoms with Crippen molar-refractivity contribution >= 4 is 6.09 Å². The van der Waals surface area contributed by atoms with Crippen LogP contribution in [0.5, 0.6) is 0 Å². The highest BCUT2D eigenvalue weighted by Crippen LogP contribution is 2.10. The molecular weight excluding hydrogens is 220 g/mol. The highest BCUT2D eigenvalue weighted by molar-refractivity contribution is 5.66. The molecule has 17 heavy (non-hydrogen) atoms. The number of aryl methyl sites for hydroxylation is 1. The number of nitrogens with zero attached hydrogens (tertiary/aromatic N) is 2. The van der Waals surface area contributed by atoms with Gasteiger partial charge >= 0.3 is 6.09 Å². The van der Waals surface area contributed by atoms with Crippen LogP contribution in [-0.2, 0) is 11.3 Å². The summed E-state index contributed by atoms with van der Waals surface area (Å²) in [4.78, 5) is 10.8. The molecule has 0 radical (unpaired) electrons. The lowest BCUT2D eigenvalue weighted by atomic mass is 10.2. The Kier molecular flexibility index (Phi) is 5.48. The lowest BCUT2D eigenvalue weighted by Crippen LogP contribution is -2.33. The van der Waals surface area contributed by atoms with Gasteiger partial charge in [-0.05, 0) is 19.9 Å². The topological polar surface area (TPSA) is 68.2 Å². The maximum atomic E-state index is 10.8. The number of hydrogen-bond acceptors (Lipinski definition) is 4. The molecule has 2 N–H and O–H groups in total. The third kappa shape index (κ3) is 4.07. The van der Waals surface area contributed by atoms with Gasteiger partial charge in [0.2, 0.25) is 0 Å². The van der Waals surface area contributed by atoms with E-state index in [0.29, 0.717) is 13.1 Å². The summed E-state index contributed by atoms with van der Waals surface area (Å²) >= 11 is 0. The van der Waals surface area contributed by atoms with Crippen LogP contribution in [0.4, 0.5) is 4.79 Å². The number of carbonyl (C=O) groups excluding carboxylic acids is 1. The summed E-state index contributed by atoms with van der Waals surface area (Å²) < 4.78 is 6.42. The third-order valence-corrected chi connectivity index (χ3v) is 2.52. The van der Waals surface area contributed by atoms with E-state index < -0.39 is 6.09 Å². The zero-order chi connectivity index (χ0) is 12.7. The number of carbonyl (C=O) groups is 1. The van der Waals surface area contributed by atoms with Crippen LogP contribution in [0.2, 0.25) is 0 Å². The fourth-order valence-electron chi connectivity index (χ4n) is 1.60. The summed E-state index contributed by atoms with van der Waals surface area (Å²) in [6.45, 7) is 6.21. The average molecular weight is 240 g/mol. The largest absolute Gasteiger partial charge is 0.453 e. The lowest BCUT2D eigenvalue weighted by Gasteiger charge is -2.15. The second kappa shape index (κ2) is 6.90. The quantitative estimate of drug-likeness (QED) is 0.725. The van der Waals surface area contributed by atoms with E-state index in [1.54, 1.807) is 6.20 Å². The van der Waals surface area contributed by atoms with E-state index in [4.69, 9.17) is 0 Å². The van der Waals surface area contributed by atoms with Gasteiger partial charge in [0, 0.05) is 31.9 Å². The molecule has 0 saturated carbocycles. The predicted octanol–water partition coefficient (Wildman–Crippen LogP) is 0.910. The number of rotatable bonds is 6. The van der Waals surface area contributed by atoms with E-state index in [9.17, 15) is 4.79 Å². The molecule has 0 aromatic carbocycles. The molecule has 0 fully saturated rings.